The molecular weight excluding hydrogens is 372 g/mol. The molecule has 0 aliphatic rings. The topological polar surface area (TPSA) is 71.1 Å². The molecule has 0 saturated heterocycles. The first-order valence-electron chi connectivity index (χ1n) is 9.85. The van der Waals surface area contributed by atoms with E-state index in [2.05, 4.69) is 0 Å². The molecule has 0 radical (unpaired) electrons. The van der Waals surface area contributed by atoms with Crippen LogP contribution in [0.5, 0.6) is 0 Å². The van der Waals surface area contributed by atoms with Crippen LogP contribution in [0, 0.1) is 0 Å². The van der Waals surface area contributed by atoms with Crippen molar-refractivity contribution < 1.29 is 28.5 Å². The fourth-order valence-corrected chi connectivity index (χ4v) is 2.45. The highest BCUT2D eigenvalue weighted by Gasteiger charge is 2.07. The van der Waals surface area contributed by atoms with E-state index in [9.17, 15) is 9.59 Å². The van der Waals surface area contributed by atoms with Gasteiger partial charge in [0.05, 0.1) is 19.8 Å². The molecule has 2 rings (SSSR count). The number of benzene rings is 2. The quantitative estimate of drug-likeness (QED) is 0.360. The molecule has 2 aromatic carbocycles. The molecule has 156 valence electrons. The van der Waals surface area contributed by atoms with Gasteiger partial charge in [-0.2, -0.15) is 0 Å². The zero-order valence-corrected chi connectivity index (χ0v) is 16.6. The summed E-state index contributed by atoms with van der Waals surface area (Å²) in [6, 6.07) is 19.4. The Balaban J connectivity index is 1.38. The predicted molar refractivity (Wildman–Crippen MR) is 108 cm³/mol. The van der Waals surface area contributed by atoms with Gasteiger partial charge in [0.15, 0.2) is 0 Å². The van der Waals surface area contributed by atoms with Gasteiger partial charge < -0.3 is 18.9 Å². The van der Waals surface area contributed by atoms with E-state index in [1.54, 1.807) is 0 Å². The van der Waals surface area contributed by atoms with Crippen LogP contribution >= 0.6 is 0 Å². The number of carbonyl (C=O) groups excluding carboxylic acids is 2. The Hall–Kier alpha value is -2.86. The summed E-state index contributed by atoms with van der Waals surface area (Å²) >= 11 is 0. The van der Waals surface area contributed by atoms with Crippen LogP contribution in [0.3, 0.4) is 0 Å². The van der Waals surface area contributed by atoms with E-state index in [0.717, 1.165) is 17.5 Å². The van der Waals surface area contributed by atoms with Crippen LogP contribution in [0.4, 0.5) is 4.79 Å². The molecule has 0 aliphatic carbocycles. The molecule has 0 unspecified atom stereocenters. The van der Waals surface area contributed by atoms with E-state index < -0.39 is 6.16 Å². The molecule has 0 aromatic heterocycles. The van der Waals surface area contributed by atoms with Crippen LogP contribution in [-0.4, -0.2) is 31.9 Å². The van der Waals surface area contributed by atoms with E-state index in [1.807, 2.05) is 60.7 Å². The highest BCUT2D eigenvalue weighted by molar-refractivity contribution is 5.69. The van der Waals surface area contributed by atoms with Gasteiger partial charge in [0.2, 0.25) is 0 Å². The van der Waals surface area contributed by atoms with Crippen LogP contribution < -0.4 is 0 Å². The van der Waals surface area contributed by atoms with Crippen molar-refractivity contribution in [3.63, 3.8) is 0 Å². The summed E-state index contributed by atoms with van der Waals surface area (Å²) in [6.45, 7) is 1.85. The number of carbonyl (C=O) groups is 2. The Bertz CT molecular complexity index is 702. The van der Waals surface area contributed by atoms with Gasteiger partial charge in [-0.3, -0.25) is 4.79 Å². The van der Waals surface area contributed by atoms with Crippen LogP contribution in [-0.2, 0) is 37.0 Å². The van der Waals surface area contributed by atoms with Crippen molar-refractivity contribution in [1.82, 2.24) is 0 Å². The van der Waals surface area contributed by atoms with Crippen LogP contribution in [0.25, 0.3) is 0 Å². The Kier molecular flexibility index (Phi) is 11.0. The van der Waals surface area contributed by atoms with Crippen molar-refractivity contribution in [2.24, 2.45) is 0 Å². The molecule has 0 spiro atoms. The summed E-state index contributed by atoms with van der Waals surface area (Å²) in [6.07, 6.45) is 1.38. The Morgan fingerprint density at radius 2 is 1.17 bits per heavy atom. The van der Waals surface area contributed by atoms with Gasteiger partial charge in [-0.05, 0) is 30.4 Å². The summed E-state index contributed by atoms with van der Waals surface area (Å²) in [5, 5.41) is 0. The third-order valence-electron chi connectivity index (χ3n) is 4.00. The molecule has 2 aromatic rings. The van der Waals surface area contributed by atoms with E-state index in [1.165, 1.54) is 0 Å². The summed E-state index contributed by atoms with van der Waals surface area (Å²) in [5.41, 5.74) is 2.07. The minimum Gasteiger partial charge on any atom is -0.461 e. The highest BCUT2D eigenvalue weighted by Crippen LogP contribution is 2.04. The minimum atomic E-state index is -0.715. The minimum absolute atomic E-state index is 0.124. The lowest BCUT2D eigenvalue weighted by molar-refractivity contribution is -0.145. The average Bonchev–Trinajstić information content (AvgIpc) is 2.76. The van der Waals surface area contributed by atoms with Crippen LogP contribution in [0.2, 0.25) is 0 Å². The van der Waals surface area contributed by atoms with Crippen molar-refractivity contribution in [2.45, 2.75) is 38.9 Å². The zero-order valence-electron chi connectivity index (χ0n) is 16.6. The predicted octanol–water partition coefficient (Wildman–Crippen LogP) is 4.66. The number of esters is 1. The average molecular weight is 400 g/mol. The first-order valence-corrected chi connectivity index (χ1v) is 9.85. The highest BCUT2D eigenvalue weighted by atomic mass is 16.7. The molecular formula is C23H28O6. The first-order chi connectivity index (χ1) is 14.2. The van der Waals surface area contributed by atoms with Gasteiger partial charge in [0.1, 0.15) is 6.61 Å². The summed E-state index contributed by atoms with van der Waals surface area (Å²) in [4.78, 5) is 23.1. The molecule has 0 N–H and O–H groups in total. The molecule has 0 aliphatic heterocycles. The van der Waals surface area contributed by atoms with Crippen molar-refractivity contribution >= 4 is 12.1 Å². The lowest BCUT2D eigenvalue weighted by atomic mass is 10.2. The van der Waals surface area contributed by atoms with E-state index in [-0.39, 0.29) is 32.2 Å². The van der Waals surface area contributed by atoms with Gasteiger partial charge in [-0.15, -0.1) is 0 Å². The molecule has 0 heterocycles. The second-order valence-corrected chi connectivity index (χ2v) is 6.44. The Labute approximate surface area is 171 Å². The molecule has 0 atom stereocenters. The zero-order chi connectivity index (χ0) is 20.6. The maximum atomic E-state index is 11.6. The summed E-state index contributed by atoms with van der Waals surface area (Å²) in [7, 11) is 0. The molecule has 6 nitrogen and oxygen atoms in total. The molecule has 0 fully saturated rings. The first kappa shape index (κ1) is 22.4. The second-order valence-electron chi connectivity index (χ2n) is 6.44. The van der Waals surface area contributed by atoms with E-state index in [0.29, 0.717) is 26.1 Å². The molecule has 0 bridgehead atoms. The van der Waals surface area contributed by atoms with E-state index >= 15 is 0 Å². The Morgan fingerprint density at radius 3 is 1.83 bits per heavy atom. The van der Waals surface area contributed by atoms with Crippen molar-refractivity contribution in [1.29, 1.82) is 0 Å². The fourth-order valence-electron chi connectivity index (χ4n) is 2.45. The number of hydrogen-bond donors (Lipinski definition) is 0. The van der Waals surface area contributed by atoms with Gasteiger partial charge in [0, 0.05) is 13.0 Å². The third kappa shape index (κ3) is 10.9. The monoisotopic (exact) mass is 400 g/mol. The SMILES string of the molecule is O=C(CCCOC(=O)OCCCCOCc1ccccc1)OCc1ccccc1. The standard InChI is InChI=1S/C23H28O6/c24-22(29-19-21-12-5-2-6-13-21)14-9-17-28-23(25)27-16-8-7-15-26-18-20-10-3-1-4-11-20/h1-6,10-13H,7-9,14-19H2. The number of unbranched alkanes of at least 4 members (excludes halogenated alkanes) is 1. The smallest absolute Gasteiger partial charge is 0.461 e. The van der Waals surface area contributed by atoms with Crippen LogP contribution in [0.1, 0.15) is 36.8 Å². The normalized spacial score (nSPS) is 10.3. The maximum absolute atomic E-state index is 11.6. The van der Waals surface area contributed by atoms with Gasteiger partial charge >= 0.3 is 12.1 Å². The van der Waals surface area contributed by atoms with Gasteiger partial charge in [-0.25, -0.2) is 4.79 Å². The lowest BCUT2D eigenvalue weighted by Gasteiger charge is -2.07. The Morgan fingerprint density at radius 1 is 0.621 bits per heavy atom. The van der Waals surface area contributed by atoms with Crippen molar-refractivity contribution in [2.75, 3.05) is 19.8 Å². The number of rotatable bonds is 13. The van der Waals surface area contributed by atoms with Gasteiger partial charge in [0.25, 0.3) is 0 Å². The van der Waals surface area contributed by atoms with Crippen molar-refractivity contribution in [3.8, 4) is 0 Å². The largest absolute Gasteiger partial charge is 0.508 e. The number of ether oxygens (including phenoxy) is 4. The fraction of sp³-hybridized carbons (Fsp3) is 0.391. The van der Waals surface area contributed by atoms with Gasteiger partial charge in [-0.1, -0.05) is 60.7 Å². The third-order valence-corrected chi connectivity index (χ3v) is 4.00. The van der Waals surface area contributed by atoms with Crippen molar-refractivity contribution in [3.05, 3.63) is 71.8 Å². The van der Waals surface area contributed by atoms with E-state index in [4.69, 9.17) is 18.9 Å². The molecule has 29 heavy (non-hydrogen) atoms. The molecule has 0 amide bonds. The van der Waals surface area contributed by atoms with Crippen LogP contribution in [0.15, 0.2) is 60.7 Å². The lowest BCUT2D eigenvalue weighted by Crippen LogP contribution is -2.11. The molecule has 6 heteroatoms. The maximum Gasteiger partial charge on any atom is 0.508 e. The summed E-state index contributed by atoms with van der Waals surface area (Å²) in [5.74, 6) is -0.318. The summed E-state index contributed by atoms with van der Waals surface area (Å²) < 4.78 is 20.6. The molecule has 0 saturated carbocycles. The second kappa shape index (κ2) is 14.2. The number of hydrogen-bond acceptors (Lipinski definition) is 6.